The van der Waals surface area contributed by atoms with Gasteiger partial charge in [-0.2, -0.15) is 0 Å². The second kappa shape index (κ2) is 9.75. The molecule has 2 bridgehead atoms. The molecule has 5 rings (SSSR count). The van der Waals surface area contributed by atoms with Crippen LogP contribution in [0, 0.1) is 17.8 Å². The fourth-order valence-electron chi connectivity index (χ4n) is 6.55. The van der Waals surface area contributed by atoms with Crippen LogP contribution in [0.25, 0.3) is 10.8 Å². The maximum atomic E-state index is 14.6. The second-order valence-corrected chi connectivity index (χ2v) is 13.2. The van der Waals surface area contributed by atoms with E-state index in [-0.39, 0.29) is 41.0 Å². The maximum absolute atomic E-state index is 14.6. The molecule has 2 aromatic rings. The van der Waals surface area contributed by atoms with E-state index in [1.54, 1.807) is 11.0 Å². The number of alkyl halides is 1. The Morgan fingerprint density at radius 2 is 1.97 bits per heavy atom. The number of aliphatic carboxylic acids is 1. The van der Waals surface area contributed by atoms with Crippen LogP contribution in [0.2, 0.25) is 0 Å². The lowest BCUT2D eigenvalue weighted by Gasteiger charge is -2.40. The minimum Gasteiger partial charge on any atom is -0.481 e. The number of fused-ring (bicyclic) bond motifs is 2. The molecule has 1 spiro atoms. The Bertz CT molecular complexity index is 1270. The molecule has 9 heteroatoms. The Balaban J connectivity index is 1.65. The lowest BCUT2D eigenvalue weighted by molar-refractivity contribution is -0.149. The first kappa shape index (κ1) is 26.3. The molecular weight excluding hydrogens is 556 g/mol. The average molecular weight is 588 g/mol. The highest BCUT2D eigenvalue weighted by molar-refractivity contribution is 9.09. The summed E-state index contributed by atoms with van der Waals surface area (Å²) in [6.07, 6.45) is 2.16. The monoisotopic (exact) mass is 586 g/mol. The van der Waals surface area contributed by atoms with Crippen molar-refractivity contribution >= 4 is 61.9 Å². The fourth-order valence-corrected chi connectivity index (χ4v) is 10.1. The van der Waals surface area contributed by atoms with Gasteiger partial charge in [0.2, 0.25) is 5.91 Å². The third-order valence-electron chi connectivity index (χ3n) is 8.18. The third-order valence-corrected chi connectivity index (χ3v) is 11.4. The third kappa shape index (κ3) is 3.92. The van der Waals surface area contributed by atoms with Crippen molar-refractivity contribution in [2.24, 2.45) is 17.8 Å². The molecular formula is C28H31BrN2O5S. The number of hydrogen-bond donors (Lipinski definition) is 2. The lowest BCUT2D eigenvalue weighted by atomic mass is 9.71. The van der Waals surface area contributed by atoms with Crippen molar-refractivity contribution < 1.29 is 24.6 Å². The molecule has 3 unspecified atom stereocenters. The predicted octanol–water partition coefficient (Wildman–Crippen LogP) is 3.92. The summed E-state index contributed by atoms with van der Waals surface area (Å²) in [5.74, 6) is -3.47. The van der Waals surface area contributed by atoms with E-state index in [0.717, 1.165) is 10.8 Å². The Kier molecular flexibility index (Phi) is 6.92. The number of rotatable bonds is 8. The van der Waals surface area contributed by atoms with Crippen molar-refractivity contribution in [3.63, 3.8) is 0 Å². The summed E-state index contributed by atoms with van der Waals surface area (Å²) in [4.78, 5) is 44.1. The number of hydrogen-bond acceptors (Lipinski definition) is 5. The molecule has 196 valence electrons. The standard InChI is InChI=1S/C28H31BrN2O5S/c1-4-11-30(18-10-9-16-7-5-6-8-17(16)12-18)26(34)24-28-13-19(29)23(37-28)21(27(35)36)22(28)25(33)31(24)20(14-32)15(2)3/h4-10,12,15,19-24,32H,1,11,13-14H2,2-3H3,(H,35,36)/t19?,20-,21-,22-,23-,24?,28?/m0/s1. The van der Waals surface area contributed by atoms with Crippen LogP contribution in [0.1, 0.15) is 20.3 Å². The lowest BCUT2D eigenvalue weighted by Crippen LogP contribution is -2.58. The molecule has 3 saturated heterocycles. The first-order valence-electron chi connectivity index (χ1n) is 12.5. The first-order chi connectivity index (χ1) is 17.7. The Hall–Kier alpha value is -2.36. The number of aliphatic hydroxyl groups excluding tert-OH is 1. The van der Waals surface area contributed by atoms with Crippen LogP contribution in [0.15, 0.2) is 55.1 Å². The number of likely N-dealkylation sites (tertiary alicyclic amines) is 1. The van der Waals surface area contributed by atoms with Gasteiger partial charge in [-0.05, 0) is 35.2 Å². The normalized spacial score (nSPS) is 31.1. The topological polar surface area (TPSA) is 98.2 Å². The number of carbonyl (C=O) groups excluding carboxylic acids is 2. The molecule has 37 heavy (non-hydrogen) atoms. The predicted molar refractivity (Wildman–Crippen MR) is 149 cm³/mol. The minimum atomic E-state index is -1.02. The summed E-state index contributed by atoms with van der Waals surface area (Å²) in [5, 5.41) is 22.2. The van der Waals surface area contributed by atoms with Gasteiger partial charge in [-0.25, -0.2) is 0 Å². The van der Waals surface area contributed by atoms with Gasteiger partial charge in [-0.15, -0.1) is 18.3 Å². The Morgan fingerprint density at radius 1 is 1.27 bits per heavy atom. The van der Waals surface area contributed by atoms with E-state index in [4.69, 9.17) is 0 Å². The zero-order valence-electron chi connectivity index (χ0n) is 20.8. The van der Waals surface area contributed by atoms with E-state index in [1.165, 1.54) is 16.7 Å². The number of carbonyl (C=O) groups is 3. The smallest absolute Gasteiger partial charge is 0.308 e. The van der Waals surface area contributed by atoms with Gasteiger partial charge in [0.05, 0.1) is 29.2 Å². The van der Waals surface area contributed by atoms with E-state index in [0.29, 0.717) is 12.1 Å². The van der Waals surface area contributed by atoms with Gasteiger partial charge in [0.25, 0.3) is 5.91 Å². The zero-order chi connectivity index (χ0) is 26.6. The van der Waals surface area contributed by atoms with Crippen LogP contribution in [0.4, 0.5) is 5.69 Å². The van der Waals surface area contributed by atoms with Gasteiger partial charge < -0.3 is 20.0 Å². The van der Waals surface area contributed by atoms with Gasteiger partial charge in [0, 0.05) is 22.3 Å². The first-order valence-corrected chi connectivity index (χ1v) is 14.3. The number of aliphatic hydroxyl groups is 1. The summed E-state index contributed by atoms with van der Waals surface area (Å²) in [5.41, 5.74) is 0.684. The van der Waals surface area contributed by atoms with Crippen molar-refractivity contribution in [2.75, 3.05) is 18.1 Å². The number of thioether (sulfide) groups is 1. The molecule has 0 aromatic heterocycles. The van der Waals surface area contributed by atoms with Gasteiger partial charge in [0.1, 0.15) is 6.04 Å². The van der Waals surface area contributed by atoms with Crippen molar-refractivity contribution in [3.8, 4) is 0 Å². The fraction of sp³-hybridized carbons (Fsp3) is 0.464. The van der Waals surface area contributed by atoms with E-state index >= 15 is 0 Å². The summed E-state index contributed by atoms with van der Waals surface area (Å²) in [6, 6.07) is 12.2. The number of amides is 2. The van der Waals surface area contributed by atoms with E-state index in [9.17, 15) is 24.6 Å². The second-order valence-electron chi connectivity index (χ2n) is 10.5. The Labute approximate surface area is 229 Å². The van der Waals surface area contributed by atoms with Crippen molar-refractivity contribution in [1.29, 1.82) is 0 Å². The number of anilines is 1. The molecule has 0 radical (unpaired) electrons. The maximum Gasteiger partial charge on any atom is 0.308 e. The number of halogens is 1. The number of nitrogens with zero attached hydrogens (tertiary/aromatic N) is 2. The number of carboxylic acid groups (broad SMARTS) is 1. The van der Waals surface area contributed by atoms with Crippen molar-refractivity contribution in [1.82, 2.24) is 4.90 Å². The highest BCUT2D eigenvalue weighted by atomic mass is 79.9. The molecule has 0 aliphatic carbocycles. The van der Waals surface area contributed by atoms with E-state index in [2.05, 4.69) is 22.5 Å². The molecule has 7 atom stereocenters. The summed E-state index contributed by atoms with van der Waals surface area (Å²) >= 11 is 5.14. The quantitative estimate of drug-likeness (QED) is 0.359. The largest absolute Gasteiger partial charge is 0.481 e. The number of benzene rings is 2. The summed E-state index contributed by atoms with van der Waals surface area (Å²) in [7, 11) is 0. The number of carboxylic acids is 1. The summed E-state index contributed by atoms with van der Waals surface area (Å²) < 4.78 is -0.894. The van der Waals surface area contributed by atoms with Crippen LogP contribution < -0.4 is 4.90 Å². The van der Waals surface area contributed by atoms with Gasteiger partial charge in [-0.1, -0.05) is 66.2 Å². The van der Waals surface area contributed by atoms with Crippen molar-refractivity contribution in [3.05, 3.63) is 55.1 Å². The molecule has 3 aliphatic heterocycles. The highest BCUT2D eigenvalue weighted by Crippen LogP contribution is 2.68. The van der Waals surface area contributed by atoms with E-state index < -0.39 is 34.6 Å². The van der Waals surface area contributed by atoms with Crippen molar-refractivity contribution in [2.45, 2.75) is 47.2 Å². The molecule has 0 saturated carbocycles. The molecule has 3 fully saturated rings. The highest BCUT2D eigenvalue weighted by Gasteiger charge is 2.76. The van der Waals surface area contributed by atoms with E-state index in [1.807, 2.05) is 56.3 Å². The molecule has 7 nitrogen and oxygen atoms in total. The molecule has 2 amide bonds. The zero-order valence-corrected chi connectivity index (χ0v) is 23.2. The van der Waals surface area contributed by atoms with Crippen LogP contribution in [-0.4, -0.2) is 73.0 Å². The van der Waals surface area contributed by atoms with Crippen LogP contribution in [-0.2, 0) is 14.4 Å². The minimum absolute atomic E-state index is 0.127. The van der Waals surface area contributed by atoms with Gasteiger partial charge in [0.15, 0.2) is 0 Å². The molecule has 3 heterocycles. The summed E-state index contributed by atoms with van der Waals surface area (Å²) in [6.45, 7) is 7.59. The molecule has 2 aromatic carbocycles. The molecule has 2 N–H and O–H groups in total. The van der Waals surface area contributed by atoms with Gasteiger partial charge >= 0.3 is 5.97 Å². The van der Waals surface area contributed by atoms with Crippen LogP contribution in [0.3, 0.4) is 0 Å². The average Bonchev–Trinajstić information content (AvgIpc) is 3.46. The van der Waals surface area contributed by atoms with Crippen LogP contribution in [0.5, 0.6) is 0 Å². The Morgan fingerprint density at radius 3 is 2.59 bits per heavy atom. The SMILES string of the molecule is C=CCN(C(=O)C1N([C@@H](CO)C(C)C)C(=O)[C@@H]2[C@H](C(=O)O)[C@H]3SC12CC3Br)c1ccc2ccccc2c1. The van der Waals surface area contributed by atoms with Gasteiger partial charge in [-0.3, -0.25) is 14.4 Å². The van der Waals surface area contributed by atoms with Crippen LogP contribution >= 0.6 is 27.7 Å². The molecule has 3 aliphatic rings.